The molecule has 1 saturated carbocycles. The molecule has 0 aliphatic heterocycles. The van der Waals surface area contributed by atoms with E-state index >= 15 is 0 Å². The second-order valence-electron chi connectivity index (χ2n) is 6.10. The number of halogens is 1. The number of hydrogen-bond donors (Lipinski definition) is 1. The molecule has 1 aliphatic rings. The first-order chi connectivity index (χ1) is 8.96. The van der Waals surface area contributed by atoms with Crippen LogP contribution in [-0.2, 0) is 5.54 Å². The van der Waals surface area contributed by atoms with Crippen LogP contribution in [0.2, 0.25) is 5.02 Å². The van der Waals surface area contributed by atoms with E-state index in [-0.39, 0.29) is 5.54 Å². The summed E-state index contributed by atoms with van der Waals surface area (Å²) in [5.41, 5.74) is 7.48. The fourth-order valence-electron chi connectivity index (χ4n) is 3.23. The van der Waals surface area contributed by atoms with Crippen molar-refractivity contribution in [3.05, 3.63) is 28.8 Å². The van der Waals surface area contributed by atoms with Gasteiger partial charge < -0.3 is 10.5 Å². The van der Waals surface area contributed by atoms with Gasteiger partial charge in [0.1, 0.15) is 5.75 Å². The lowest BCUT2D eigenvalue weighted by Crippen LogP contribution is -2.42. The predicted molar refractivity (Wildman–Crippen MR) is 80.7 cm³/mol. The highest BCUT2D eigenvalue weighted by molar-refractivity contribution is 6.30. The summed E-state index contributed by atoms with van der Waals surface area (Å²) in [7, 11) is 1.69. The largest absolute Gasteiger partial charge is 0.496 e. The van der Waals surface area contributed by atoms with Gasteiger partial charge in [0.05, 0.1) is 7.11 Å². The highest BCUT2D eigenvalue weighted by atomic mass is 35.5. The highest BCUT2D eigenvalue weighted by Crippen LogP contribution is 2.44. The van der Waals surface area contributed by atoms with Gasteiger partial charge in [0.2, 0.25) is 0 Å². The smallest absolute Gasteiger partial charge is 0.124 e. The van der Waals surface area contributed by atoms with Crippen LogP contribution in [0.15, 0.2) is 18.2 Å². The van der Waals surface area contributed by atoms with Crippen molar-refractivity contribution in [2.24, 2.45) is 17.6 Å². The van der Waals surface area contributed by atoms with Gasteiger partial charge in [-0.25, -0.2) is 0 Å². The van der Waals surface area contributed by atoms with Crippen molar-refractivity contribution in [1.29, 1.82) is 0 Å². The summed E-state index contributed by atoms with van der Waals surface area (Å²) in [4.78, 5) is 0. The zero-order chi connectivity index (χ0) is 14.0. The van der Waals surface area contributed by atoms with Gasteiger partial charge in [-0.05, 0) is 42.9 Å². The van der Waals surface area contributed by atoms with Gasteiger partial charge >= 0.3 is 0 Å². The molecule has 1 aromatic carbocycles. The van der Waals surface area contributed by atoms with Crippen molar-refractivity contribution in [3.63, 3.8) is 0 Å². The maximum Gasteiger partial charge on any atom is 0.124 e. The average molecular weight is 282 g/mol. The summed E-state index contributed by atoms with van der Waals surface area (Å²) in [5, 5.41) is 0.729. The molecule has 2 N–H and O–H groups in total. The minimum absolute atomic E-state index is 0.302. The minimum atomic E-state index is -0.302. The van der Waals surface area contributed by atoms with Crippen LogP contribution in [0.1, 0.15) is 45.1 Å². The molecule has 0 saturated heterocycles. The van der Waals surface area contributed by atoms with Gasteiger partial charge in [-0.15, -0.1) is 0 Å². The van der Waals surface area contributed by atoms with E-state index in [0.29, 0.717) is 11.8 Å². The molecule has 106 valence electrons. The maximum atomic E-state index is 6.72. The number of nitrogens with two attached hydrogens (primary N) is 1. The summed E-state index contributed by atoms with van der Waals surface area (Å²) in [6, 6.07) is 5.75. The second-order valence-corrected chi connectivity index (χ2v) is 6.54. The summed E-state index contributed by atoms with van der Waals surface area (Å²) in [6.07, 6.45) is 4.48. The van der Waals surface area contributed by atoms with Crippen LogP contribution in [0, 0.1) is 11.8 Å². The van der Waals surface area contributed by atoms with Crippen molar-refractivity contribution in [2.45, 2.75) is 45.1 Å². The SMILES string of the molecule is COc1ccc(Cl)cc1C1(N)CCCC(C(C)C)C1. The Labute approximate surface area is 121 Å². The van der Waals surface area contributed by atoms with Gasteiger partial charge in [-0.3, -0.25) is 0 Å². The zero-order valence-electron chi connectivity index (χ0n) is 12.1. The quantitative estimate of drug-likeness (QED) is 0.894. The molecule has 1 aliphatic carbocycles. The Kier molecular flexibility index (Phi) is 4.42. The van der Waals surface area contributed by atoms with Crippen LogP contribution >= 0.6 is 11.6 Å². The van der Waals surface area contributed by atoms with E-state index < -0.39 is 0 Å². The molecule has 0 aromatic heterocycles. The lowest BCUT2D eigenvalue weighted by molar-refractivity contribution is 0.180. The Morgan fingerprint density at radius 2 is 2.16 bits per heavy atom. The molecule has 0 amide bonds. The van der Waals surface area contributed by atoms with Gasteiger partial charge in [-0.2, -0.15) is 0 Å². The number of ether oxygens (including phenoxy) is 1. The number of hydrogen-bond acceptors (Lipinski definition) is 2. The lowest BCUT2D eigenvalue weighted by Gasteiger charge is -2.40. The number of rotatable bonds is 3. The number of methoxy groups -OCH3 is 1. The van der Waals surface area contributed by atoms with E-state index in [0.717, 1.165) is 29.2 Å². The first-order valence-electron chi connectivity index (χ1n) is 7.09. The molecule has 0 spiro atoms. The summed E-state index contributed by atoms with van der Waals surface area (Å²) in [5.74, 6) is 2.21. The molecular weight excluding hydrogens is 258 g/mol. The molecule has 1 aromatic rings. The van der Waals surface area contributed by atoms with Gasteiger partial charge in [-0.1, -0.05) is 38.3 Å². The van der Waals surface area contributed by atoms with Crippen LogP contribution in [0.3, 0.4) is 0 Å². The average Bonchev–Trinajstić information content (AvgIpc) is 2.38. The summed E-state index contributed by atoms with van der Waals surface area (Å²) in [6.45, 7) is 4.57. The predicted octanol–water partition coefficient (Wildman–Crippen LogP) is 4.35. The van der Waals surface area contributed by atoms with Crippen molar-refractivity contribution >= 4 is 11.6 Å². The van der Waals surface area contributed by atoms with Crippen LogP contribution in [0.5, 0.6) is 5.75 Å². The molecule has 0 radical (unpaired) electrons. The Bertz CT molecular complexity index is 446. The second kappa shape index (κ2) is 5.72. The standard InChI is InChI=1S/C16H24ClNO/c1-11(2)12-5-4-8-16(18,10-12)14-9-13(17)6-7-15(14)19-3/h6-7,9,11-12H,4-5,8,10,18H2,1-3H3. The highest BCUT2D eigenvalue weighted by Gasteiger charge is 2.37. The molecule has 2 unspecified atom stereocenters. The van der Waals surface area contributed by atoms with E-state index in [2.05, 4.69) is 13.8 Å². The molecule has 0 heterocycles. The van der Waals surface area contributed by atoms with Crippen LogP contribution in [-0.4, -0.2) is 7.11 Å². The molecule has 2 rings (SSSR count). The van der Waals surface area contributed by atoms with Gasteiger partial charge in [0.15, 0.2) is 0 Å². The zero-order valence-corrected chi connectivity index (χ0v) is 12.8. The van der Waals surface area contributed by atoms with E-state index in [1.165, 1.54) is 12.8 Å². The molecule has 1 fully saturated rings. The Balaban J connectivity index is 2.35. The Hall–Kier alpha value is -0.730. The molecule has 19 heavy (non-hydrogen) atoms. The monoisotopic (exact) mass is 281 g/mol. The van der Waals surface area contributed by atoms with E-state index in [1.807, 2.05) is 18.2 Å². The third-order valence-corrected chi connectivity index (χ3v) is 4.70. The molecule has 2 nitrogen and oxygen atoms in total. The van der Waals surface area contributed by atoms with Gasteiger partial charge in [0.25, 0.3) is 0 Å². The topological polar surface area (TPSA) is 35.2 Å². The Morgan fingerprint density at radius 1 is 1.42 bits per heavy atom. The number of benzene rings is 1. The molecule has 0 bridgehead atoms. The first-order valence-corrected chi connectivity index (χ1v) is 7.47. The van der Waals surface area contributed by atoms with Crippen LogP contribution in [0.25, 0.3) is 0 Å². The van der Waals surface area contributed by atoms with E-state index in [4.69, 9.17) is 22.1 Å². The molecule has 3 heteroatoms. The first kappa shape index (κ1) is 14.7. The lowest BCUT2D eigenvalue weighted by atomic mass is 9.69. The van der Waals surface area contributed by atoms with Crippen molar-refractivity contribution in [3.8, 4) is 5.75 Å². The van der Waals surface area contributed by atoms with Crippen molar-refractivity contribution in [1.82, 2.24) is 0 Å². The van der Waals surface area contributed by atoms with Gasteiger partial charge in [0, 0.05) is 16.1 Å². The van der Waals surface area contributed by atoms with Crippen molar-refractivity contribution < 1.29 is 4.74 Å². The summed E-state index contributed by atoms with van der Waals surface area (Å²) < 4.78 is 5.48. The van der Waals surface area contributed by atoms with E-state index in [1.54, 1.807) is 7.11 Å². The molecule has 2 atom stereocenters. The van der Waals surface area contributed by atoms with Crippen LogP contribution < -0.4 is 10.5 Å². The molecular formula is C16H24ClNO. The fraction of sp³-hybridized carbons (Fsp3) is 0.625. The maximum absolute atomic E-state index is 6.72. The van der Waals surface area contributed by atoms with E-state index in [9.17, 15) is 0 Å². The normalized spacial score (nSPS) is 27.6. The fourth-order valence-corrected chi connectivity index (χ4v) is 3.41. The summed E-state index contributed by atoms with van der Waals surface area (Å²) >= 11 is 6.14. The Morgan fingerprint density at radius 3 is 2.79 bits per heavy atom. The minimum Gasteiger partial charge on any atom is -0.496 e. The third-order valence-electron chi connectivity index (χ3n) is 4.46. The van der Waals surface area contributed by atoms with Crippen LogP contribution in [0.4, 0.5) is 0 Å². The van der Waals surface area contributed by atoms with Crippen molar-refractivity contribution in [2.75, 3.05) is 7.11 Å². The third kappa shape index (κ3) is 3.06.